The maximum Gasteiger partial charge on any atom is 0.337 e. The molecule has 1 aliphatic heterocycles. The Balaban J connectivity index is 1.88. The molecule has 1 heterocycles. The average Bonchev–Trinajstić information content (AvgIpc) is 2.71. The van der Waals surface area contributed by atoms with E-state index >= 15 is 0 Å². The van der Waals surface area contributed by atoms with Crippen LogP contribution in [-0.4, -0.2) is 23.7 Å². The molecule has 3 rings (SSSR count). The summed E-state index contributed by atoms with van der Waals surface area (Å²) in [5.41, 5.74) is 3.32. The second-order valence-electron chi connectivity index (χ2n) is 6.91. The van der Waals surface area contributed by atoms with Crippen molar-refractivity contribution in [2.45, 2.75) is 19.8 Å². The number of nitrogens with one attached hydrogen (secondary N) is 1. The quantitative estimate of drug-likeness (QED) is 0.425. The number of ether oxygens (including phenoxy) is 1. The topological polar surface area (TPSA) is 75.6 Å². The molecule has 0 amide bonds. The number of allylic oxidation sites excluding steroid dienone is 2. The number of carbonyl (C=O) groups excluding carboxylic acids is 1. The molecule has 2 aromatic carbocycles. The van der Waals surface area contributed by atoms with E-state index in [-0.39, 0.29) is 12.2 Å². The molecule has 154 valence electrons. The lowest BCUT2D eigenvalue weighted by Crippen LogP contribution is -2.31. The lowest BCUT2D eigenvalue weighted by atomic mass is 9.80. The first-order valence-corrected chi connectivity index (χ1v) is 10.5. The highest BCUT2D eigenvalue weighted by molar-refractivity contribution is 14.1. The molecule has 1 unspecified atom stereocenters. The summed E-state index contributed by atoms with van der Waals surface area (Å²) >= 11 is 2.17. The molecule has 30 heavy (non-hydrogen) atoms. The second-order valence-corrected chi connectivity index (χ2v) is 8.15. The first-order chi connectivity index (χ1) is 14.4. The molecule has 5 nitrogen and oxygen atoms in total. The molecule has 0 fully saturated rings. The second kappa shape index (κ2) is 9.75. The van der Waals surface area contributed by atoms with Crippen LogP contribution in [0.15, 0.2) is 83.2 Å². The fourth-order valence-electron chi connectivity index (χ4n) is 3.52. The van der Waals surface area contributed by atoms with Crippen LogP contribution < -0.4 is 5.32 Å². The lowest BCUT2D eigenvalue weighted by molar-refractivity contribution is -0.138. The largest absolute Gasteiger partial charge is 0.478 e. The zero-order valence-electron chi connectivity index (χ0n) is 16.7. The van der Waals surface area contributed by atoms with Crippen LogP contribution in [0.25, 0.3) is 6.08 Å². The molecule has 6 heteroatoms. The lowest BCUT2D eigenvalue weighted by Gasteiger charge is -2.29. The minimum atomic E-state index is -1.06. The standard InChI is InChI=1S/C24H22INO4/c1-15-20(23(27)28)22(18-11-6-12-19(25)14-18)21(16(2)26-15)24(29)30-13-7-10-17-8-4-3-5-9-17/h3-12,14,22,26H,13H2,1-2H3,(H,27,28). The van der Waals surface area contributed by atoms with Gasteiger partial charge in [0.25, 0.3) is 0 Å². The Morgan fingerprint density at radius 3 is 2.43 bits per heavy atom. The first-order valence-electron chi connectivity index (χ1n) is 9.44. The van der Waals surface area contributed by atoms with Gasteiger partial charge in [-0.1, -0.05) is 48.5 Å². The number of carboxylic acid groups (broad SMARTS) is 1. The zero-order chi connectivity index (χ0) is 21.7. The predicted molar refractivity (Wildman–Crippen MR) is 125 cm³/mol. The van der Waals surface area contributed by atoms with Crippen molar-refractivity contribution < 1.29 is 19.4 Å². The highest BCUT2D eigenvalue weighted by atomic mass is 127. The summed E-state index contributed by atoms with van der Waals surface area (Å²) in [5, 5.41) is 12.9. The van der Waals surface area contributed by atoms with Crippen molar-refractivity contribution in [1.82, 2.24) is 5.32 Å². The molecular weight excluding hydrogens is 493 g/mol. The van der Waals surface area contributed by atoms with Crippen LogP contribution >= 0.6 is 22.6 Å². The SMILES string of the molecule is CC1=C(C(=O)O)C(c2cccc(I)c2)C(C(=O)OCC=Cc2ccccc2)=C(C)N1. The van der Waals surface area contributed by atoms with Gasteiger partial charge in [0.05, 0.1) is 17.1 Å². The van der Waals surface area contributed by atoms with Crippen molar-refractivity contribution in [3.8, 4) is 0 Å². The molecule has 0 radical (unpaired) electrons. The van der Waals surface area contributed by atoms with E-state index in [0.29, 0.717) is 17.0 Å². The Hall–Kier alpha value is -2.87. The van der Waals surface area contributed by atoms with Crippen LogP contribution in [0.3, 0.4) is 0 Å². The van der Waals surface area contributed by atoms with Crippen LogP contribution in [0.1, 0.15) is 30.9 Å². The van der Waals surface area contributed by atoms with E-state index in [0.717, 1.165) is 14.7 Å². The minimum Gasteiger partial charge on any atom is -0.478 e. The van der Waals surface area contributed by atoms with Crippen LogP contribution in [0, 0.1) is 3.57 Å². The van der Waals surface area contributed by atoms with Crippen molar-refractivity contribution in [2.75, 3.05) is 6.61 Å². The van der Waals surface area contributed by atoms with Crippen molar-refractivity contribution in [3.63, 3.8) is 0 Å². The number of esters is 1. The fraction of sp³-hybridized carbons (Fsp3) is 0.167. The summed E-state index contributed by atoms with van der Waals surface area (Å²) in [4.78, 5) is 25.0. The average molecular weight is 515 g/mol. The Morgan fingerprint density at radius 2 is 1.77 bits per heavy atom. The van der Waals surface area contributed by atoms with E-state index in [2.05, 4.69) is 27.9 Å². The smallest absolute Gasteiger partial charge is 0.337 e. The third-order valence-corrected chi connectivity index (χ3v) is 5.48. The maximum absolute atomic E-state index is 13.0. The van der Waals surface area contributed by atoms with E-state index in [1.807, 2.05) is 60.7 Å². The molecule has 0 saturated carbocycles. The number of carboxylic acids is 1. The Morgan fingerprint density at radius 1 is 1.07 bits per heavy atom. The van der Waals surface area contributed by atoms with Gasteiger partial charge in [-0.2, -0.15) is 0 Å². The van der Waals surface area contributed by atoms with E-state index in [9.17, 15) is 14.7 Å². The normalized spacial score (nSPS) is 16.6. The Bertz CT molecular complexity index is 1050. The number of aliphatic carboxylic acids is 1. The van der Waals surface area contributed by atoms with Crippen LogP contribution in [0.4, 0.5) is 0 Å². The van der Waals surface area contributed by atoms with Crippen molar-refractivity contribution in [3.05, 3.63) is 97.9 Å². The number of benzene rings is 2. The first kappa shape index (κ1) is 21.8. The van der Waals surface area contributed by atoms with Gasteiger partial charge in [-0.15, -0.1) is 0 Å². The summed E-state index contributed by atoms with van der Waals surface area (Å²) < 4.78 is 6.44. The number of dihydropyridines is 1. The molecular formula is C24H22INO4. The Labute approximate surface area is 189 Å². The van der Waals surface area contributed by atoms with Gasteiger partial charge in [-0.25, -0.2) is 9.59 Å². The number of halogens is 1. The summed E-state index contributed by atoms with van der Waals surface area (Å²) in [7, 11) is 0. The zero-order valence-corrected chi connectivity index (χ0v) is 18.8. The third kappa shape index (κ3) is 4.99. The minimum absolute atomic E-state index is 0.0919. The van der Waals surface area contributed by atoms with Gasteiger partial charge >= 0.3 is 11.9 Å². The van der Waals surface area contributed by atoms with Gasteiger partial charge in [0.15, 0.2) is 0 Å². The number of hydrogen-bond donors (Lipinski definition) is 2. The molecule has 2 N–H and O–H groups in total. The van der Waals surface area contributed by atoms with E-state index < -0.39 is 17.9 Å². The van der Waals surface area contributed by atoms with Crippen LogP contribution in [0.2, 0.25) is 0 Å². The number of carbonyl (C=O) groups is 2. The molecule has 0 aromatic heterocycles. The molecule has 2 aromatic rings. The van der Waals surface area contributed by atoms with Gasteiger partial charge in [0.2, 0.25) is 0 Å². The molecule has 1 atom stereocenters. The van der Waals surface area contributed by atoms with Gasteiger partial charge < -0.3 is 15.2 Å². The highest BCUT2D eigenvalue weighted by Crippen LogP contribution is 2.39. The van der Waals surface area contributed by atoms with Crippen molar-refractivity contribution in [1.29, 1.82) is 0 Å². The number of hydrogen-bond acceptors (Lipinski definition) is 4. The molecule has 0 aliphatic carbocycles. The van der Waals surface area contributed by atoms with Crippen LogP contribution in [0.5, 0.6) is 0 Å². The maximum atomic E-state index is 13.0. The van der Waals surface area contributed by atoms with E-state index in [1.54, 1.807) is 19.9 Å². The Kier molecular flexibility index (Phi) is 7.10. The van der Waals surface area contributed by atoms with Crippen molar-refractivity contribution >= 4 is 40.6 Å². The summed E-state index contributed by atoms with van der Waals surface area (Å²) in [6.07, 6.45) is 3.64. The molecule has 0 bridgehead atoms. The summed E-state index contributed by atoms with van der Waals surface area (Å²) in [6.45, 7) is 3.56. The van der Waals surface area contributed by atoms with Gasteiger partial charge in [-0.3, -0.25) is 0 Å². The monoisotopic (exact) mass is 515 g/mol. The van der Waals surface area contributed by atoms with Crippen LogP contribution in [-0.2, 0) is 14.3 Å². The summed E-state index contributed by atoms with van der Waals surface area (Å²) in [6, 6.07) is 17.2. The van der Waals surface area contributed by atoms with Gasteiger partial charge in [-0.05, 0) is 65.8 Å². The number of rotatable bonds is 6. The van der Waals surface area contributed by atoms with E-state index in [4.69, 9.17) is 4.74 Å². The third-order valence-electron chi connectivity index (χ3n) is 4.81. The molecule has 0 saturated heterocycles. The fourth-order valence-corrected chi connectivity index (χ4v) is 4.08. The van der Waals surface area contributed by atoms with Gasteiger partial charge in [0.1, 0.15) is 6.61 Å². The van der Waals surface area contributed by atoms with Crippen molar-refractivity contribution in [2.24, 2.45) is 0 Å². The molecule has 1 aliphatic rings. The van der Waals surface area contributed by atoms with Gasteiger partial charge in [0, 0.05) is 15.0 Å². The highest BCUT2D eigenvalue weighted by Gasteiger charge is 2.37. The predicted octanol–water partition coefficient (Wildman–Crippen LogP) is 4.87. The molecule has 0 spiro atoms. The van der Waals surface area contributed by atoms with E-state index in [1.165, 1.54) is 0 Å². The summed E-state index contributed by atoms with van der Waals surface area (Å²) in [5.74, 6) is -2.30.